The maximum Gasteiger partial charge on any atom is 0.328 e. The molecule has 1 aromatic carbocycles. The van der Waals surface area contributed by atoms with Crippen LogP contribution in [-0.2, 0) is 22.7 Å². The summed E-state index contributed by atoms with van der Waals surface area (Å²) < 4.78 is 6.59. The number of nitrogen functional groups attached to an aromatic ring is 1. The first-order valence-electron chi connectivity index (χ1n) is 5.62. The van der Waals surface area contributed by atoms with Crippen LogP contribution in [0.3, 0.4) is 0 Å². The van der Waals surface area contributed by atoms with E-state index in [9.17, 15) is 4.79 Å². The summed E-state index contributed by atoms with van der Waals surface area (Å²) in [7, 11) is 0. The van der Waals surface area contributed by atoms with Gasteiger partial charge in [0.1, 0.15) is 13.2 Å². The second-order valence-electron chi connectivity index (χ2n) is 4.12. The van der Waals surface area contributed by atoms with Crippen LogP contribution in [0.25, 0.3) is 0 Å². The number of nitrogens with zero attached hydrogens (tertiary/aromatic N) is 2. The maximum absolute atomic E-state index is 11.5. The normalized spacial score (nSPS) is 10.3. The van der Waals surface area contributed by atoms with E-state index in [1.165, 1.54) is 16.4 Å². The third kappa shape index (κ3) is 3.35. The lowest BCUT2D eigenvalue weighted by atomic mass is 10.2. The number of rotatable bonds is 4. The number of hydrogen-bond donors (Lipinski definition) is 1. The number of nitrogens with two attached hydrogens (primary N) is 1. The zero-order valence-electron chi connectivity index (χ0n) is 10.2. The minimum Gasteiger partial charge on any atom is -0.459 e. The lowest BCUT2D eigenvalue weighted by Gasteiger charge is -2.05. The molecule has 2 N–H and O–H groups in total. The van der Waals surface area contributed by atoms with Crippen LogP contribution < -0.4 is 5.73 Å². The smallest absolute Gasteiger partial charge is 0.328 e. The topological polar surface area (TPSA) is 70.1 Å². The van der Waals surface area contributed by atoms with Gasteiger partial charge in [0.05, 0.1) is 11.9 Å². The highest BCUT2D eigenvalue weighted by Gasteiger charge is 2.05. The molecule has 2 aromatic rings. The van der Waals surface area contributed by atoms with Gasteiger partial charge in [-0.1, -0.05) is 29.8 Å². The van der Waals surface area contributed by atoms with E-state index < -0.39 is 0 Å². The number of ether oxygens (including phenoxy) is 1. The Balaban J connectivity index is 1.83. The minimum absolute atomic E-state index is 0.0725. The van der Waals surface area contributed by atoms with Crippen LogP contribution in [0.15, 0.2) is 36.7 Å². The molecular formula is C13H15N3O2. The van der Waals surface area contributed by atoms with Crippen molar-refractivity contribution in [2.24, 2.45) is 0 Å². The molecule has 0 aliphatic carbocycles. The van der Waals surface area contributed by atoms with Gasteiger partial charge in [0.25, 0.3) is 0 Å². The molecular weight excluding hydrogens is 230 g/mol. The van der Waals surface area contributed by atoms with Gasteiger partial charge in [-0.2, -0.15) is 5.10 Å². The lowest BCUT2D eigenvalue weighted by molar-refractivity contribution is -0.145. The van der Waals surface area contributed by atoms with Crippen molar-refractivity contribution in [1.29, 1.82) is 0 Å². The van der Waals surface area contributed by atoms with Gasteiger partial charge in [0.2, 0.25) is 0 Å². The van der Waals surface area contributed by atoms with Crippen molar-refractivity contribution < 1.29 is 9.53 Å². The SMILES string of the molecule is Cc1ccc(COC(=O)Cn2cc(N)cn2)cc1. The molecule has 2 rings (SSSR count). The first kappa shape index (κ1) is 12.2. The molecule has 5 heteroatoms. The Hall–Kier alpha value is -2.30. The minimum atomic E-state index is -0.335. The van der Waals surface area contributed by atoms with Gasteiger partial charge >= 0.3 is 5.97 Å². The highest BCUT2D eigenvalue weighted by atomic mass is 16.5. The van der Waals surface area contributed by atoms with Crippen molar-refractivity contribution in [3.05, 3.63) is 47.8 Å². The fraction of sp³-hybridized carbons (Fsp3) is 0.231. The van der Waals surface area contributed by atoms with Crippen molar-refractivity contribution in [2.45, 2.75) is 20.1 Å². The summed E-state index contributed by atoms with van der Waals surface area (Å²) in [5, 5.41) is 3.91. The molecule has 0 saturated heterocycles. The van der Waals surface area contributed by atoms with Gasteiger partial charge in [0.15, 0.2) is 0 Å². The van der Waals surface area contributed by atoms with E-state index in [0.29, 0.717) is 5.69 Å². The molecule has 0 unspecified atom stereocenters. The number of benzene rings is 1. The Morgan fingerprint density at radius 1 is 1.39 bits per heavy atom. The van der Waals surface area contributed by atoms with Gasteiger partial charge in [-0.05, 0) is 12.5 Å². The highest BCUT2D eigenvalue weighted by Crippen LogP contribution is 2.05. The Kier molecular flexibility index (Phi) is 3.62. The Morgan fingerprint density at radius 3 is 2.72 bits per heavy atom. The van der Waals surface area contributed by atoms with E-state index in [2.05, 4.69) is 5.10 Å². The number of hydrogen-bond acceptors (Lipinski definition) is 4. The molecule has 0 atom stereocenters. The predicted molar refractivity (Wildman–Crippen MR) is 67.6 cm³/mol. The van der Waals surface area contributed by atoms with Gasteiger partial charge in [0, 0.05) is 6.20 Å². The van der Waals surface area contributed by atoms with Crippen LogP contribution in [0, 0.1) is 6.92 Å². The van der Waals surface area contributed by atoms with Crippen molar-refractivity contribution in [1.82, 2.24) is 9.78 Å². The first-order valence-corrected chi connectivity index (χ1v) is 5.62. The zero-order valence-corrected chi connectivity index (χ0v) is 10.2. The second kappa shape index (κ2) is 5.35. The molecule has 0 aliphatic rings. The Morgan fingerprint density at radius 2 is 2.11 bits per heavy atom. The van der Waals surface area contributed by atoms with E-state index in [1.807, 2.05) is 31.2 Å². The monoisotopic (exact) mass is 245 g/mol. The van der Waals surface area contributed by atoms with Crippen LogP contribution in [0.4, 0.5) is 5.69 Å². The molecule has 0 fully saturated rings. The molecule has 0 spiro atoms. The number of aromatic nitrogens is 2. The molecule has 5 nitrogen and oxygen atoms in total. The van der Waals surface area contributed by atoms with Crippen molar-refractivity contribution >= 4 is 11.7 Å². The van der Waals surface area contributed by atoms with Crippen LogP contribution in [0.5, 0.6) is 0 Å². The fourth-order valence-corrected chi connectivity index (χ4v) is 1.49. The molecule has 0 radical (unpaired) electrons. The van der Waals surface area contributed by atoms with Crippen molar-refractivity contribution in [3.8, 4) is 0 Å². The van der Waals surface area contributed by atoms with Gasteiger partial charge in [-0.15, -0.1) is 0 Å². The van der Waals surface area contributed by atoms with Gasteiger partial charge in [-0.3, -0.25) is 9.48 Å². The summed E-state index contributed by atoms with van der Waals surface area (Å²) in [5.41, 5.74) is 8.17. The summed E-state index contributed by atoms with van der Waals surface area (Å²) in [4.78, 5) is 11.5. The summed E-state index contributed by atoms with van der Waals surface area (Å²) in [6.07, 6.45) is 3.08. The van der Waals surface area contributed by atoms with E-state index >= 15 is 0 Å². The number of anilines is 1. The molecule has 94 valence electrons. The standard InChI is InChI=1S/C13H15N3O2/c1-10-2-4-11(5-3-10)9-18-13(17)8-16-7-12(14)6-15-16/h2-7H,8-9,14H2,1H3. The second-order valence-corrected chi connectivity index (χ2v) is 4.12. The van der Waals surface area contributed by atoms with Gasteiger partial charge < -0.3 is 10.5 Å². The average Bonchev–Trinajstić information content (AvgIpc) is 2.74. The zero-order chi connectivity index (χ0) is 13.0. The molecule has 0 bridgehead atoms. The average molecular weight is 245 g/mol. The largest absolute Gasteiger partial charge is 0.459 e. The maximum atomic E-state index is 11.5. The lowest BCUT2D eigenvalue weighted by Crippen LogP contribution is -2.13. The third-order valence-electron chi connectivity index (χ3n) is 2.46. The molecule has 18 heavy (non-hydrogen) atoms. The van der Waals surface area contributed by atoms with Crippen molar-refractivity contribution in [3.63, 3.8) is 0 Å². The van der Waals surface area contributed by atoms with Crippen LogP contribution >= 0.6 is 0 Å². The summed E-state index contributed by atoms with van der Waals surface area (Å²) in [5.74, 6) is -0.335. The Bertz CT molecular complexity index is 531. The molecule has 1 aromatic heterocycles. The number of aryl methyl sites for hydroxylation is 1. The fourth-order valence-electron chi connectivity index (χ4n) is 1.49. The molecule has 0 saturated carbocycles. The third-order valence-corrected chi connectivity index (χ3v) is 2.46. The summed E-state index contributed by atoms with van der Waals surface area (Å²) >= 11 is 0. The van der Waals surface area contributed by atoms with E-state index in [0.717, 1.165) is 5.56 Å². The number of carbonyl (C=O) groups is 1. The highest BCUT2D eigenvalue weighted by molar-refractivity contribution is 5.69. The quantitative estimate of drug-likeness (QED) is 0.829. The summed E-state index contributed by atoms with van der Waals surface area (Å²) in [6, 6.07) is 7.85. The van der Waals surface area contributed by atoms with E-state index in [1.54, 1.807) is 6.20 Å². The predicted octanol–water partition coefficient (Wildman–Crippen LogP) is 1.52. The first-order chi connectivity index (χ1) is 8.63. The van der Waals surface area contributed by atoms with E-state index in [-0.39, 0.29) is 19.1 Å². The molecule has 0 aliphatic heterocycles. The van der Waals surface area contributed by atoms with E-state index in [4.69, 9.17) is 10.5 Å². The summed E-state index contributed by atoms with van der Waals surface area (Å²) in [6.45, 7) is 2.36. The van der Waals surface area contributed by atoms with Crippen LogP contribution in [-0.4, -0.2) is 15.7 Å². The molecule has 0 amide bonds. The van der Waals surface area contributed by atoms with Crippen molar-refractivity contribution in [2.75, 3.05) is 5.73 Å². The Labute approximate surface area is 105 Å². The number of carbonyl (C=O) groups excluding carboxylic acids is 1. The van der Waals surface area contributed by atoms with Crippen LogP contribution in [0.1, 0.15) is 11.1 Å². The molecule has 1 heterocycles. The van der Waals surface area contributed by atoms with Gasteiger partial charge in [-0.25, -0.2) is 0 Å². The van der Waals surface area contributed by atoms with Crippen LogP contribution in [0.2, 0.25) is 0 Å². The number of esters is 1.